The highest BCUT2D eigenvalue weighted by molar-refractivity contribution is 7.89. The van der Waals surface area contributed by atoms with E-state index in [1.165, 1.54) is 0 Å². The predicted molar refractivity (Wildman–Crippen MR) is 151 cm³/mol. The molecule has 1 fully saturated rings. The van der Waals surface area contributed by atoms with E-state index < -0.39 is 33.5 Å². The SMILES string of the molecule is Cc1noc(-c2ccc(-c3ccc(C4(C(=O)NS(C)(=O)=O)CC4)cc3)cc2)c1NC(=O)OC(C)c1ccccc1. The van der Waals surface area contributed by atoms with Gasteiger partial charge in [-0.15, -0.1) is 0 Å². The fourth-order valence-electron chi connectivity index (χ4n) is 4.63. The summed E-state index contributed by atoms with van der Waals surface area (Å²) in [6, 6.07) is 24.6. The van der Waals surface area contributed by atoms with Gasteiger partial charge < -0.3 is 9.26 Å². The monoisotopic (exact) mass is 559 g/mol. The summed E-state index contributed by atoms with van der Waals surface area (Å²) in [5, 5.41) is 6.79. The van der Waals surface area contributed by atoms with Crippen molar-refractivity contribution >= 4 is 27.7 Å². The number of amides is 2. The van der Waals surface area contributed by atoms with Crippen LogP contribution in [0.2, 0.25) is 0 Å². The number of hydrogen-bond donors (Lipinski definition) is 2. The highest BCUT2D eigenvalue weighted by Crippen LogP contribution is 2.48. The van der Waals surface area contributed by atoms with E-state index in [1.807, 2.05) is 78.9 Å². The van der Waals surface area contributed by atoms with Crippen molar-refractivity contribution in [3.63, 3.8) is 0 Å². The first-order valence-electron chi connectivity index (χ1n) is 12.8. The van der Waals surface area contributed by atoms with Gasteiger partial charge in [-0.05, 0) is 48.9 Å². The third-order valence-electron chi connectivity index (χ3n) is 7.02. The number of carbonyl (C=O) groups excluding carboxylic acids is 2. The summed E-state index contributed by atoms with van der Waals surface area (Å²) < 4.78 is 36.2. The van der Waals surface area contributed by atoms with Gasteiger partial charge in [-0.25, -0.2) is 13.2 Å². The largest absolute Gasteiger partial charge is 0.441 e. The number of ether oxygens (including phenoxy) is 1. The molecule has 4 aromatic rings. The molecule has 0 spiro atoms. The highest BCUT2D eigenvalue weighted by Gasteiger charge is 2.52. The Morgan fingerprint density at radius 1 is 0.925 bits per heavy atom. The summed E-state index contributed by atoms with van der Waals surface area (Å²) in [6.07, 6.45) is 1.14. The number of anilines is 1. The van der Waals surface area contributed by atoms with Crippen LogP contribution in [-0.4, -0.2) is 31.8 Å². The minimum atomic E-state index is -3.62. The van der Waals surface area contributed by atoms with Gasteiger partial charge in [0.15, 0.2) is 5.76 Å². The molecule has 0 radical (unpaired) electrons. The molecular formula is C30H29N3O6S. The molecule has 1 heterocycles. The normalized spacial score (nSPS) is 14.7. The van der Waals surface area contributed by atoms with Gasteiger partial charge in [0.1, 0.15) is 17.5 Å². The van der Waals surface area contributed by atoms with Gasteiger partial charge in [0, 0.05) is 5.56 Å². The summed E-state index contributed by atoms with van der Waals surface area (Å²) in [4.78, 5) is 25.2. The van der Waals surface area contributed by atoms with E-state index >= 15 is 0 Å². The zero-order valence-electron chi connectivity index (χ0n) is 22.3. The quantitative estimate of drug-likeness (QED) is 0.282. The van der Waals surface area contributed by atoms with E-state index in [9.17, 15) is 18.0 Å². The predicted octanol–water partition coefficient (Wildman–Crippen LogP) is 5.73. The lowest BCUT2D eigenvalue weighted by Crippen LogP contribution is -2.38. The molecule has 2 N–H and O–H groups in total. The molecule has 1 unspecified atom stereocenters. The molecule has 9 nitrogen and oxygen atoms in total. The molecule has 0 saturated heterocycles. The molecule has 1 atom stereocenters. The molecule has 1 aromatic heterocycles. The summed E-state index contributed by atoms with van der Waals surface area (Å²) >= 11 is 0. The van der Waals surface area contributed by atoms with Crippen LogP contribution in [0.3, 0.4) is 0 Å². The van der Waals surface area contributed by atoms with Gasteiger partial charge in [-0.1, -0.05) is 84.0 Å². The van der Waals surface area contributed by atoms with Crippen molar-refractivity contribution in [3.05, 3.63) is 95.7 Å². The Bertz CT molecular complexity index is 1640. The Kier molecular flexibility index (Phi) is 7.20. The zero-order valence-corrected chi connectivity index (χ0v) is 23.1. The number of sulfonamides is 1. The standard InChI is InChI=1S/C30H29N3O6S/c1-19-26(31-29(35)38-20(2)21-7-5-4-6-8-21)27(39-32-19)24-11-9-22(10-12-24)23-13-15-25(16-14-23)30(17-18-30)28(34)33-40(3,36)37/h4-16,20H,17-18H2,1-3H3,(H,31,35)(H,33,34). The molecule has 1 aliphatic carbocycles. The van der Waals surface area contributed by atoms with Crippen LogP contribution in [0.5, 0.6) is 0 Å². The average Bonchev–Trinajstić information content (AvgIpc) is 3.67. The van der Waals surface area contributed by atoms with Crippen LogP contribution in [0.1, 0.15) is 42.7 Å². The lowest BCUT2D eigenvalue weighted by molar-refractivity contribution is -0.121. The Hall–Kier alpha value is -4.44. The second kappa shape index (κ2) is 10.6. The second-order valence-electron chi connectivity index (χ2n) is 10.00. The van der Waals surface area contributed by atoms with Crippen molar-refractivity contribution < 1.29 is 27.3 Å². The molecule has 2 amide bonds. The van der Waals surface area contributed by atoms with E-state index in [0.717, 1.165) is 34.1 Å². The van der Waals surface area contributed by atoms with E-state index in [1.54, 1.807) is 13.8 Å². The van der Waals surface area contributed by atoms with Crippen molar-refractivity contribution in [1.29, 1.82) is 0 Å². The van der Waals surface area contributed by atoms with Gasteiger partial charge in [0.25, 0.3) is 0 Å². The number of hydrogen-bond acceptors (Lipinski definition) is 7. The third kappa shape index (κ3) is 5.76. The molecule has 40 heavy (non-hydrogen) atoms. The van der Waals surface area contributed by atoms with Crippen LogP contribution in [0, 0.1) is 6.92 Å². The lowest BCUT2D eigenvalue weighted by atomic mass is 9.93. The Balaban J connectivity index is 1.29. The van der Waals surface area contributed by atoms with E-state index in [2.05, 4.69) is 15.2 Å². The Labute approximate surface area is 232 Å². The van der Waals surface area contributed by atoms with Crippen molar-refractivity contribution in [3.8, 4) is 22.5 Å². The molecule has 1 saturated carbocycles. The summed E-state index contributed by atoms with van der Waals surface area (Å²) in [5.74, 6) is -0.0754. The summed E-state index contributed by atoms with van der Waals surface area (Å²) in [7, 11) is -3.62. The minimum Gasteiger partial charge on any atom is -0.441 e. The zero-order chi connectivity index (χ0) is 28.5. The molecule has 0 bridgehead atoms. The molecule has 1 aliphatic rings. The van der Waals surface area contributed by atoms with Gasteiger partial charge in [0.05, 0.1) is 11.7 Å². The number of nitrogens with one attached hydrogen (secondary N) is 2. The summed E-state index contributed by atoms with van der Waals surface area (Å²) in [5.41, 5.74) is 4.42. The first-order chi connectivity index (χ1) is 19.1. The van der Waals surface area contributed by atoms with Crippen LogP contribution in [0.25, 0.3) is 22.5 Å². The number of benzene rings is 3. The number of aromatic nitrogens is 1. The van der Waals surface area contributed by atoms with Crippen LogP contribution in [-0.2, 0) is 25.0 Å². The molecular weight excluding hydrogens is 530 g/mol. The van der Waals surface area contributed by atoms with Gasteiger partial charge in [0.2, 0.25) is 15.9 Å². The maximum Gasteiger partial charge on any atom is 0.412 e. The lowest BCUT2D eigenvalue weighted by Gasteiger charge is -2.15. The first-order valence-corrected chi connectivity index (χ1v) is 14.7. The Morgan fingerprint density at radius 3 is 2.08 bits per heavy atom. The van der Waals surface area contributed by atoms with Crippen LogP contribution >= 0.6 is 0 Å². The topological polar surface area (TPSA) is 128 Å². The van der Waals surface area contributed by atoms with Gasteiger partial charge in [-0.2, -0.15) is 0 Å². The van der Waals surface area contributed by atoms with Gasteiger partial charge >= 0.3 is 6.09 Å². The van der Waals surface area contributed by atoms with Gasteiger partial charge in [-0.3, -0.25) is 14.8 Å². The van der Waals surface area contributed by atoms with Crippen molar-refractivity contribution in [2.45, 2.75) is 38.2 Å². The van der Waals surface area contributed by atoms with Crippen molar-refractivity contribution in [1.82, 2.24) is 9.88 Å². The average molecular weight is 560 g/mol. The fraction of sp³-hybridized carbons (Fsp3) is 0.233. The minimum absolute atomic E-state index is 0.413. The molecule has 3 aromatic carbocycles. The molecule has 10 heteroatoms. The second-order valence-corrected chi connectivity index (χ2v) is 11.7. The van der Waals surface area contributed by atoms with Crippen LogP contribution in [0.4, 0.5) is 10.5 Å². The number of rotatable bonds is 8. The van der Waals surface area contributed by atoms with E-state index in [-0.39, 0.29) is 0 Å². The first kappa shape index (κ1) is 27.1. The number of aryl methyl sites for hydroxylation is 1. The number of nitrogens with zero attached hydrogens (tertiary/aromatic N) is 1. The number of carbonyl (C=O) groups is 2. The molecule has 5 rings (SSSR count). The fourth-order valence-corrected chi connectivity index (χ4v) is 5.16. The molecule has 0 aliphatic heterocycles. The highest BCUT2D eigenvalue weighted by atomic mass is 32.2. The molecule has 206 valence electrons. The third-order valence-corrected chi connectivity index (χ3v) is 7.58. The maximum atomic E-state index is 12.6. The Morgan fingerprint density at radius 2 is 1.50 bits per heavy atom. The van der Waals surface area contributed by atoms with Crippen molar-refractivity contribution in [2.75, 3.05) is 11.6 Å². The van der Waals surface area contributed by atoms with Crippen LogP contribution < -0.4 is 10.0 Å². The van der Waals surface area contributed by atoms with E-state index in [0.29, 0.717) is 30.0 Å². The van der Waals surface area contributed by atoms with Crippen molar-refractivity contribution in [2.24, 2.45) is 0 Å². The van der Waals surface area contributed by atoms with Crippen LogP contribution in [0.15, 0.2) is 83.4 Å². The maximum absolute atomic E-state index is 12.6. The van der Waals surface area contributed by atoms with E-state index in [4.69, 9.17) is 9.26 Å². The summed E-state index contributed by atoms with van der Waals surface area (Å²) in [6.45, 7) is 3.54. The smallest absolute Gasteiger partial charge is 0.412 e.